The highest BCUT2D eigenvalue weighted by molar-refractivity contribution is 5.95. The zero-order valence-electron chi connectivity index (χ0n) is 17.0. The summed E-state index contributed by atoms with van der Waals surface area (Å²) in [4.78, 5) is 0. The van der Waals surface area contributed by atoms with Crippen LogP contribution in [-0.4, -0.2) is 43.0 Å². The first kappa shape index (κ1) is 21.1. The van der Waals surface area contributed by atoms with Crippen molar-refractivity contribution in [3.05, 3.63) is 47.7 Å². The van der Waals surface area contributed by atoms with Crippen molar-refractivity contribution in [3.63, 3.8) is 0 Å². The maximum absolute atomic E-state index is 9.89. The van der Waals surface area contributed by atoms with E-state index in [-0.39, 0.29) is 6.04 Å². The second-order valence-corrected chi connectivity index (χ2v) is 6.81. The molecule has 2 N–H and O–H groups in total. The Bertz CT molecular complexity index is 955. The number of methoxy groups -OCH3 is 2. The molecule has 0 bridgehead atoms. The van der Waals surface area contributed by atoms with Crippen molar-refractivity contribution in [2.24, 2.45) is 0 Å². The maximum atomic E-state index is 9.89. The molecule has 0 aliphatic heterocycles. The summed E-state index contributed by atoms with van der Waals surface area (Å²) in [6.07, 6.45) is 6.51. The molecule has 7 nitrogen and oxygen atoms in total. The third-order valence-electron chi connectivity index (χ3n) is 4.85. The highest BCUT2D eigenvalue weighted by atomic mass is 16.6. The van der Waals surface area contributed by atoms with E-state index in [1.807, 2.05) is 41.8 Å². The van der Waals surface area contributed by atoms with E-state index in [9.17, 15) is 10.4 Å². The van der Waals surface area contributed by atoms with E-state index >= 15 is 0 Å². The van der Waals surface area contributed by atoms with Gasteiger partial charge in [-0.15, -0.1) is 0 Å². The Morgan fingerprint density at radius 1 is 1.38 bits per heavy atom. The number of fused-ring (bicyclic) bond motifs is 1. The molecule has 7 heteroatoms. The summed E-state index contributed by atoms with van der Waals surface area (Å²) in [6, 6.07) is 7.98. The topological polar surface area (TPSA) is 88.7 Å². The number of rotatable bonds is 9. The Morgan fingerprint density at radius 3 is 2.83 bits per heavy atom. The van der Waals surface area contributed by atoms with Gasteiger partial charge in [0.1, 0.15) is 18.5 Å². The van der Waals surface area contributed by atoms with Gasteiger partial charge in [0.15, 0.2) is 0 Å². The zero-order valence-corrected chi connectivity index (χ0v) is 17.0. The lowest BCUT2D eigenvalue weighted by atomic mass is 9.98. The number of nitrogens with one attached hydrogen (secondary N) is 1. The van der Waals surface area contributed by atoms with Crippen molar-refractivity contribution in [1.82, 2.24) is 9.88 Å². The number of benzene rings is 1. The number of nitrogens with zero attached hydrogens (tertiary/aromatic N) is 2. The lowest BCUT2D eigenvalue weighted by Crippen LogP contribution is -2.39. The zero-order chi connectivity index (χ0) is 20.8. The summed E-state index contributed by atoms with van der Waals surface area (Å²) in [5.74, 6) is 0.724. The standard InChI is InChI=1S/C22H27N3O4/c1-4-11-29-22(26)24-16-7-5-15(6-8-16)21-19(13-23)18-10-9-17(28-3)12-20(18)25(21)14-27-2/h5-7,9-10,12,16,22,24,26H,4,8,11,14H2,1-3H3. The van der Waals surface area contributed by atoms with Gasteiger partial charge in [-0.3, -0.25) is 5.32 Å². The number of hydrogen-bond acceptors (Lipinski definition) is 6. The van der Waals surface area contributed by atoms with Crippen LogP contribution in [-0.2, 0) is 16.2 Å². The van der Waals surface area contributed by atoms with Crippen LogP contribution >= 0.6 is 0 Å². The van der Waals surface area contributed by atoms with Crippen LogP contribution in [0.1, 0.15) is 31.0 Å². The molecule has 3 rings (SSSR count). The fraction of sp³-hybridized carbons (Fsp3) is 0.409. The van der Waals surface area contributed by atoms with Gasteiger partial charge in [-0.25, -0.2) is 0 Å². The second-order valence-electron chi connectivity index (χ2n) is 6.81. The van der Waals surface area contributed by atoms with E-state index in [1.165, 1.54) is 0 Å². The molecule has 1 heterocycles. The van der Waals surface area contributed by atoms with Gasteiger partial charge in [0.05, 0.1) is 30.5 Å². The first-order valence-electron chi connectivity index (χ1n) is 9.66. The number of aliphatic hydroxyl groups excluding tert-OH is 1. The average molecular weight is 397 g/mol. The number of aromatic nitrogens is 1. The van der Waals surface area contributed by atoms with Gasteiger partial charge in [0, 0.05) is 24.6 Å². The summed E-state index contributed by atoms with van der Waals surface area (Å²) in [7, 11) is 3.25. The van der Waals surface area contributed by atoms with Gasteiger partial charge in [-0.2, -0.15) is 5.26 Å². The molecule has 1 aromatic heterocycles. The Balaban J connectivity index is 1.93. The van der Waals surface area contributed by atoms with E-state index in [2.05, 4.69) is 17.5 Å². The Morgan fingerprint density at radius 2 is 2.21 bits per heavy atom. The Kier molecular flexibility index (Phi) is 7.07. The van der Waals surface area contributed by atoms with Crippen LogP contribution in [0, 0.1) is 11.3 Å². The maximum Gasteiger partial charge on any atom is 0.213 e. The summed E-state index contributed by atoms with van der Waals surface area (Å²) < 4.78 is 18.0. The molecule has 1 aliphatic rings. The van der Waals surface area contributed by atoms with Crippen LogP contribution < -0.4 is 10.1 Å². The van der Waals surface area contributed by atoms with Crippen LogP contribution in [0.4, 0.5) is 0 Å². The highest BCUT2D eigenvalue weighted by Crippen LogP contribution is 2.34. The van der Waals surface area contributed by atoms with Gasteiger partial charge in [-0.05, 0) is 30.5 Å². The minimum absolute atomic E-state index is 0.0449. The lowest BCUT2D eigenvalue weighted by molar-refractivity contribution is -0.123. The van der Waals surface area contributed by atoms with Crippen LogP contribution in [0.15, 0.2) is 36.4 Å². The summed E-state index contributed by atoms with van der Waals surface area (Å²) >= 11 is 0. The monoisotopic (exact) mass is 397 g/mol. The normalized spacial score (nSPS) is 17.2. The van der Waals surface area contributed by atoms with E-state index < -0.39 is 6.41 Å². The molecular weight excluding hydrogens is 370 g/mol. The van der Waals surface area contributed by atoms with Crippen molar-refractivity contribution in [2.75, 3.05) is 20.8 Å². The van der Waals surface area contributed by atoms with Gasteiger partial charge in [-0.1, -0.05) is 25.2 Å². The predicted molar refractivity (Wildman–Crippen MR) is 111 cm³/mol. The summed E-state index contributed by atoms with van der Waals surface area (Å²) in [5.41, 5.74) is 3.25. The molecule has 0 saturated heterocycles. The summed E-state index contributed by atoms with van der Waals surface area (Å²) in [6.45, 7) is 2.80. The Hall–Kier alpha value is -2.63. The fourth-order valence-corrected chi connectivity index (χ4v) is 3.51. The first-order chi connectivity index (χ1) is 14.1. The molecule has 1 aliphatic carbocycles. The molecule has 1 aromatic carbocycles. The minimum atomic E-state index is -0.998. The van der Waals surface area contributed by atoms with E-state index in [0.717, 1.165) is 34.3 Å². The number of nitriles is 1. The number of aliphatic hydroxyl groups is 1. The molecular formula is C22H27N3O4. The van der Waals surface area contributed by atoms with Crippen molar-refractivity contribution in [3.8, 4) is 11.8 Å². The van der Waals surface area contributed by atoms with Crippen LogP contribution in [0.25, 0.3) is 16.5 Å². The third-order valence-corrected chi connectivity index (χ3v) is 4.85. The van der Waals surface area contributed by atoms with Crippen LogP contribution in [0.3, 0.4) is 0 Å². The van der Waals surface area contributed by atoms with E-state index in [4.69, 9.17) is 14.2 Å². The molecule has 29 heavy (non-hydrogen) atoms. The first-order valence-corrected chi connectivity index (χ1v) is 9.66. The number of allylic oxidation sites excluding steroid dienone is 2. The Labute approximate surface area is 170 Å². The fourth-order valence-electron chi connectivity index (χ4n) is 3.51. The van der Waals surface area contributed by atoms with Gasteiger partial charge < -0.3 is 23.9 Å². The van der Waals surface area contributed by atoms with Crippen molar-refractivity contribution >= 4 is 16.5 Å². The largest absolute Gasteiger partial charge is 0.497 e. The predicted octanol–water partition coefficient (Wildman–Crippen LogP) is 3.13. The van der Waals surface area contributed by atoms with Gasteiger partial charge in [0.25, 0.3) is 0 Å². The quantitative estimate of drug-likeness (QED) is 0.632. The van der Waals surface area contributed by atoms with Gasteiger partial charge >= 0.3 is 0 Å². The van der Waals surface area contributed by atoms with Crippen molar-refractivity contribution in [1.29, 1.82) is 5.26 Å². The third kappa shape index (κ3) is 4.52. The molecule has 154 valence electrons. The SMILES string of the molecule is CCCOC(O)NC1C=CC(c2c(C#N)c3ccc(OC)cc3n2COC)=CC1. The lowest BCUT2D eigenvalue weighted by Gasteiger charge is -2.22. The molecule has 0 amide bonds. The highest BCUT2D eigenvalue weighted by Gasteiger charge is 2.22. The summed E-state index contributed by atoms with van der Waals surface area (Å²) in [5, 5.41) is 23.6. The number of hydrogen-bond donors (Lipinski definition) is 2. The molecule has 0 saturated carbocycles. The second kappa shape index (κ2) is 9.72. The molecule has 0 spiro atoms. The van der Waals surface area contributed by atoms with Crippen molar-refractivity contribution in [2.45, 2.75) is 39.0 Å². The molecule has 2 atom stereocenters. The molecule has 2 aromatic rings. The molecule has 2 unspecified atom stereocenters. The van der Waals surface area contributed by atoms with Crippen LogP contribution in [0.5, 0.6) is 5.75 Å². The van der Waals surface area contributed by atoms with E-state index in [0.29, 0.717) is 25.3 Å². The minimum Gasteiger partial charge on any atom is -0.497 e. The van der Waals surface area contributed by atoms with Crippen molar-refractivity contribution < 1.29 is 19.3 Å². The molecule has 0 radical (unpaired) electrons. The van der Waals surface area contributed by atoms with Gasteiger partial charge in [0.2, 0.25) is 6.41 Å². The smallest absolute Gasteiger partial charge is 0.213 e. The molecule has 0 fully saturated rings. The average Bonchev–Trinajstić information content (AvgIpc) is 3.05. The van der Waals surface area contributed by atoms with Crippen LogP contribution in [0.2, 0.25) is 0 Å². The number of ether oxygens (including phenoxy) is 3. The van der Waals surface area contributed by atoms with E-state index in [1.54, 1.807) is 14.2 Å².